The standard InChI is InChI=1S/C35H54O7/c1-18(2)27-21-14-19(3)28-31(6)12-13-34-17-33(34)11-10-24(40-29-26(38)25(37)20(36)15-39-29)30(4,5)22(33)8-9-23(34)32(31,7)16-35(28,41-21)42-27/h19-29,36-38H,1,8-17H2,2-7H3/t19-,20-,21-,22+,23+,24+,25+,26-,27-,28-,29+,31-,32+,33-,34+,35-/m1/s1. The Morgan fingerprint density at radius 3 is 2.31 bits per heavy atom. The van der Waals surface area contributed by atoms with Crippen molar-refractivity contribution in [2.45, 2.75) is 148 Å². The summed E-state index contributed by atoms with van der Waals surface area (Å²) < 4.78 is 26.2. The fourth-order valence-corrected chi connectivity index (χ4v) is 13.8. The van der Waals surface area contributed by atoms with Gasteiger partial charge in [-0.2, -0.15) is 0 Å². The molecule has 3 spiro atoms. The fourth-order valence-electron chi connectivity index (χ4n) is 13.8. The molecule has 42 heavy (non-hydrogen) atoms. The maximum absolute atomic E-state index is 10.6. The van der Waals surface area contributed by atoms with Crippen molar-refractivity contribution in [3.8, 4) is 0 Å². The molecule has 0 amide bonds. The molecule has 0 aromatic carbocycles. The Balaban J connectivity index is 1.08. The molecule has 3 N–H and O–H groups in total. The molecule has 0 radical (unpaired) electrons. The van der Waals surface area contributed by atoms with Gasteiger partial charge in [-0.3, -0.25) is 0 Å². The Morgan fingerprint density at radius 2 is 1.57 bits per heavy atom. The van der Waals surface area contributed by atoms with E-state index in [9.17, 15) is 15.3 Å². The zero-order valence-electron chi connectivity index (χ0n) is 26.6. The van der Waals surface area contributed by atoms with E-state index in [2.05, 4.69) is 48.1 Å². The first-order chi connectivity index (χ1) is 19.7. The molecule has 7 nitrogen and oxygen atoms in total. The molecule has 3 heterocycles. The van der Waals surface area contributed by atoms with Crippen molar-refractivity contribution in [3.63, 3.8) is 0 Å². The van der Waals surface area contributed by atoms with Gasteiger partial charge in [0.25, 0.3) is 0 Å². The van der Waals surface area contributed by atoms with Gasteiger partial charge in [-0.05, 0) is 109 Å². The third-order valence-corrected chi connectivity index (χ3v) is 15.5. The van der Waals surface area contributed by atoms with Crippen LogP contribution in [0.15, 0.2) is 12.2 Å². The van der Waals surface area contributed by atoms with Crippen LogP contribution in [0.1, 0.15) is 99.3 Å². The van der Waals surface area contributed by atoms with Crippen molar-refractivity contribution in [1.29, 1.82) is 0 Å². The quantitative estimate of drug-likeness (QED) is 0.318. The second-order valence-corrected chi connectivity index (χ2v) is 17.5. The second-order valence-electron chi connectivity index (χ2n) is 17.5. The fraction of sp³-hybridized carbons (Fsp3) is 0.943. The number of rotatable bonds is 3. The summed E-state index contributed by atoms with van der Waals surface area (Å²) in [5.41, 5.74) is 2.13. The van der Waals surface area contributed by atoms with Crippen LogP contribution in [0.4, 0.5) is 0 Å². The normalized spacial score (nSPS) is 62.3. The van der Waals surface area contributed by atoms with E-state index in [1.54, 1.807) is 0 Å². The van der Waals surface area contributed by atoms with Gasteiger partial charge in [0.05, 0.1) is 18.8 Å². The van der Waals surface area contributed by atoms with Crippen LogP contribution in [0.2, 0.25) is 0 Å². The first-order valence-corrected chi connectivity index (χ1v) is 17.0. The summed E-state index contributed by atoms with van der Waals surface area (Å²) in [5.74, 6) is 1.78. The molecular formula is C35H54O7. The molecule has 0 unspecified atom stereocenters. The van der Waals surface area contributed by atoms with Crippen LogP contribution in [0, 0.1) is 50.7 Å². The molecule has 8 fully saturated rings. The van der Waals surface area contributed by atoms with Crippen molar-refractivity contribution < 1.29 is 34.3 Å². The zero-order valence-corrected chi connectivity index (χ0v) is 26.6. The molecule has 5 saturated carbocycles. The minimum absolute atomic E-state index is 0.0199. The SMILES string of the molecule is C=C(C)[C@H]1O[C@]23C[C@@]4(C)[C@@H]5CC[C@H]6C(C)(C)[C@@H](O[C@@H]7OC[C@@H](O)[C@H](O)[C@H]7O)CC[C@@]67C[C@@]57CC[C@]4(C)[C@H]2[C@H](C)C[C@H]1O3. The van der Waals surface area contributed by atoms with E-state index in [0.29, 0.717) is 34.5 Å². The van der Waals surface area contributed by atoms with Gasteiger partial charge in [0.1, 0.15) is 24.4 Å². The molecule has 3 saturated heterocycles. The van der Waals surface area contributed by atoms with E-state index in [-0.39, 0.29) is 41.2 Å². The van der Waals surface area contributed by atoms with Gasteiger partial charge < -0.3 is 34.3 Å². The van der Waals surface area contributed by atoms with Gasteiger partial charge in [-0.1, -0.05) is 41.2 Å². The minimum Gasteiger partial charge on any atom is -0.388 e. The summed E-state index contributed by atoms with van der Waals surface area (Å²) in [6, 6.07) is 0. The lowest BCUT2D eigenvalue weighted by atomic mass is 9.41. The molecule has 3 aliphatic heterocycles. The third-order valence-electron chi connectivity index (χ3n) is 15.5. The molecule has 0 aromatic heterocycles. The molecule has 8 aliphatic rings. The number of ether oxygens (including phenoxy) is 4. The van der Waals surface area contributed by atoms with Crippen LogP contribution < -0.4 is 0 Å². The first kappa shape index (κ1) is 28.9. The predicted octanol–water partition coefficient (Wildman–Crippen LogP) is 4.96. The Morgan fingerprint density at radius 1 is 0.857 bits per heavy atom. The van der Waals surface area contributed by atoms with Crippen molar-refractivity contribution in [2.24, 2.45) is 50.7 Å². The highest BCUT2D eigenvalue weighted by Gasteiger charge is 2.85. The number of hydrogen-bond acceptors (Lipinski definition) is 7. The highest BCUT2D eigenvalue weighted by Crippen LogP contribution is 2.90. The second kappa shape index (κ2) is 8.63. The highest BCUT2D eigenvalue weighted by molar-refractivity contribution is 5.33. The van der Waals surface area contributed by atoms with Crippen molar-refractivity contribution in [2.75, 3.05) is 6.61 Å². The molecule has 2 bridgehead atoms. The molecule has 7 heteroatoms. The van der Waals surface area contributed by atoms with E-state index < -0.39 is 30.4 Å². The number of aliphatic hydroxyl groups is 3. The molecule has 16 atom stereocenters. The number of fused-ring (bicyclic) bond motifs is 4. The molecule has 0 aromatic rings. The van der Waals surface area contributed by atoms with Gasteiger partial charge in [0.15, 0.2) is 12.1 Å². The number of aliphatic hydroxyl groups excluding tert-OH is 3. The Bertz CT molecular complexity index is 1170. The maximum atomic E-state index is 10.6. The smallest absolute Gasteiger partial charge is 0.186 e. The van der Waals surface area contributed by atoms with Crippen LogP contribution in [0.3, 0.4) is 0 Å². The average molecular weight is 587 g/mol. The zero-order chi connectivity index (χ0) is 29.8. The van der Waals surface area contributed by atoms with Crippen LogP contribution in [0.25, 0.3) is 0 Å². The molecular weight excluding hydrogens is 532 g/mol. The van der Waals surface area contributed by atoms with Crippen LogP contribution in [0.5, 0.6) is 0 Å². The minimum atomic E-state index is -1.24. The van der Waals surface area contributed by atoms with Crippen LogP contribution in [-0.4, -0.2) is 70.6 Å². The monoisotopic (exact) mass is 586 g/mol. The van der Waals surface area contributed by atoms with Gasteiger partial charge in [-0.15, -0.1) is 0 Å². The van der Waals surface area contributed by atoms with Gasteiger partial charge >= 0.3 is 0 Å². The number of hydrogen-bond donors (Lipinski definition) is 3. The molecule has 236 valence electrons. The summed E-state index contributed by atoms with van der Waals surface area (Å²) in [5, 5.41) is 30.8. The van der Waals surface area contributed by atoms with Crippen LogP contribution >= 0.6 is 0 Å². The van der Waals surface area contributed by atoms with Gasteiger partial charge in [-0.25, -0.2) is 0 Å². The van der Waals surface area contributed by atoms with Crippen molar-refractivity contribution >= 4 is 0 Å². The van der Waals surface area contributed by atoms with E-state index in [1.807, 2.05) is 0 Å². The summed E-state index contributed by atoms with van der Waals surface area (Å²) in [6.07, 6.45) is 6.16. The summed E-state index contributed by atoms with van der Waals surface area (Å²) in [7, 11) is 0. The van der Waals surface area contributed by atoms with E-state index in [1.165, 1.54) is 32.1 Å². The lowest BCUT2D eigenvalue weighted by Crippen LogP contribution is -2.60. The van der Waals surface area contributed by atoms with Gasteiger partial charge in [0.2, 0.25) is 0 Å². The lowest BCUT2D eigenvalue weighted by molar-refractivity contribution is -0.302. The topological polar surface area (TPSA) is 97.6 Å². The summed E-state index contributed by atoms with van der Waals surface area (Å²) >= 11 is 0. The average Bonchev–Trinajstić information content (AvgIpc) is 3.41. The summed E-state index contributed by atoms with van der Waals surface area (Å²) in [6.45, 7) is 18.8. The molecule has 5 aliphatic carbocycles. The largest absolute Gasteiger partial charge is 0.388 e. The predicted molar refractivity (Wildman–Crippen MR) is 156 cm³/mol. The lowest BCUT2D eigenvalue weighted by Gasteiger charge is -2.63. The Kier molecular flexibility index (Phi) is 5.94. The maximum Gasteiger partial charge on any atom is 0.186 e. The van der Waals surface area contributed by atoms with Crippen LogP contribution in [-0.2, 0) is 18.9 Å². The van der Waals surface area contributed by atoms with Crippen molar-refractivity contribution in [1.82, 2.24) is 0 Å². The Hall–Kier alpha value is -0.540. The van der Waals surface area contributed by atoms with Crippen molar-refractivity contribution in [3.05, 3.63) is 12.2 Å². The summed E-state index contributed by atoms with van der Waals surface area (Å²) in [4.78, 5) is 0. The van der Waals surface area contributed by atoms with E-state index in [4.69, 9.17) is 18.9 Å². The first-order valence-electron chi connectivity index (χ1n) is 17.0. The van der Waals surface area contributed by atoms with E-state index in [0.717, 1.165) is 31.3 Å². The van der Waals surface area contributed by atoms with E-state index >= 15 is 0 Å². The Labute approximate surface area is 251 Å². The third kappa shape index (κ3) is 3.23. The van der Waals surface area contributed by atoms with Gasteiger partial charge in [0, 0.05) is 12.3 Å². The molecule has 8 rings (SSSR count). The highest BCUT2D eigenvalue weighted by atomic mass is 16.8.